The second-order valence-electron chi connectivity index (χ2n) is 5.05. The molecular weight excluding hydrogens is 216 g/mol. The Bertz CT molecular complexity index is 385. The molecule has 4 nitrogen and oxygen atoms in total. The van der Waals surface area contributed by atoms with Gasteiger partial charge in [-0.15, -0.1) is 0 Å². The Morgan fingerprint density at radius 2 is 2.18 bits per heavy atom. The Balaban J connectivity index is 2.30. The Labute approximate surface area is 102 Å². The molecule has 0 aliphatic heterocycles. The van der Waals surface area contributed by atoms with Crippen molar-refractivity contribution in [1.29, 1.82) is 0 Å². The Kier molecular flexibility index (Phi) is 5.38. The number of aliphatic hydroxyl groups excluding tert-OH is 1. The van der Waals surface area contributed by atoms with Crippen molar-refractivity contribution in [3.05, 3.63) is 34.7 Å². The second kappa shape index (κ2) is 6.57. The van der Waals surface area contributed by atoms with Crippen LogP contribution in [-0.4, -0.2) is 29.4 Å². The molecule has 1 aromatic rings. The summed E-state index contributed by atoms with van der Waals surface area (Å²) in [6.07, 6.45) is 2.58. The number of aliphatic hydroxyl groups is 1. The van der Waals surface area contributed by atoms with Crippen LogP contribution in [0.15, 0.2) is 29.2 Å². The van der Waals surface area contributed by atoms with Gasteiger partial charge in [-0.1, -0.05) is 19.9 Å². The van der Waals surface area contributed by atoms with Gasteiger partial charge in [0.05, 0.1) is 0 Å². The highest BCUT2D eigenvalue weighted by atomic mass is 16.3. The molecule has 2 N–H and O–H groups in total. The maximum atomic E-state index is 11.4. The average molecular weight is 238 g/mol. The molecule has 0 amide bonds. The van der Waals surface area contributed by atoms with Crippen LogP contribution in [0.3, 0.4) is 0 Å². The van der Waals surface area contributed by atoms with E-state index in [1.54, 1.807) is 22.9 Å². The number of pyridine rings is 1. The summed E-state index contributed by atoms with van der Waals surface area (Å²) < 4.78 is 1.69. The molecule has 0 saturated carbocycles. The molecule has 0 radical (unpaired) electrons. The van der Waals surface area contributed by atoms with E-state index in [1.165, 1.54) is 0 Å². The van der Waals surface area contributed by atoms with Crippen molar-refractivity contribution < 1.29 is 5.11 Å². The molecule has 1 aromatic heterocycles. The second-order valence-corrected chi connectivity index (χ2v) is 5.05. The van der Waals surface area contributed by atoms with Gasteiger partial charge in [-0.05, 0) is 17.9 Å². The molecule has 0 spiro atoms. The normalized spacial score (nSPS) is 11.7. The molecular formula is C13H22N2O2. The first-order valence-electron chi connectivity index (χ1n) is 6.02. The quantitative estimate of drug-likeness (QED) is 0.692. The van der Waals surface area contributed by atoms with E-state index in [1.807, 2.05) is 6.07 Å². The molecule has 0 aliphatic carbocycles. The number of nitrogens with one attached hydrogen (secondary N) is 1. The molecule has 0 aromatic carbocycles. The highest BCUT2D eigenvalue weighted by Gasteiger charge is 2.15. The minimum atomic E-state index is 0.0314. The molecule has 1 heterocycles. The van der Waals surface area contributed by atoms with E-state index in [4.69, 9.17) is 5.11 Å². The van der Waals surface area contributed by atoms with Gasteiger partial charge in [0.25, 0.3) is 5.56 Å². The molecule has 1 rings (SSSR count). The summed E-state index contributed by atoms with van der Waals surface area (Å²) in [6, 6.07) is 5.17. The van der Waals surface area contributed by atoms with Crippen LogP contribution >= 0.6 is 0 Å². The molecule has 0 aliphatic rings. The van der Waals surface area contributed by atoms with Crippen LogP contribution in [0.4, 0.5) is 0 Å². The third-order valence-corrected chi connectivity index (χ3v) is 2.82. The zero-order chi connectivity index (χ0) is 12.7. The van der Waals surface area contributed by atoms with Crippen molar-refractivity contribution in [2.75, 3.05) is 19.7 Å². The van der Waals surface area contributed by atoms with Crippen LogP contribution < -0.4 is 10.9 Å². The molecule has 0 saturated heterocycles. The van der Waals surface area contributed by atoms with Crippen molar-refractivity contribution in [2.45, 2.75) is 26.8 Å². The van der Waals surface area contributed by atoms with E-state index in [9.17, 15) is 4.79 Å². The largest absolute Gasteiger partial charge is 0.396 e. The molecule has 0 atom stereocenters. The van der Waals surface area contributed by atoms with Crippen LogP contribution in [0.25, 0.3) is 0 Å². The van der Waals surface area contributed by atoms with E-state index >= 15 is 0 Å². The minimum Gasteiger partial charge on any atom is -0.396 e. The Morgan fingerprint density at radius 1 is 1.41 bits per heavy atom. The van der Waals surface area contributed by atoms with E-state index in [2.05, 4.69) is 19.2 Å². The fourth-order valence-electron chi connectivity index (χ4n) is 1.66. The van der Waals surface area contributed by atoms with Gasteiger partial charge in [-0.2, -0.15) is 0 Å². The standard InChI is InChI=1S/C13H22N2O2/c1-13(2,6-10-16)11-14-7-9-15-8-4-3-5-12(15)17/h3-5,8,14,16H,6-7,9-11H2,1-2H3. The van der Waals surface area contributed by atoms with Crippen LogP contribution in [0.1, 0.15) is 20.3 Å². The van der Waals surface area contributed by atoms with Crippen LogP contribution in [0.2, 0.25) is 0 Å². The van der Waals surface area contributed by atoms with Crippen LogP contribution in [0.5, 0.6) is 0 Å². The molecule has 96 valence electrons. The van der Waals surface area contributed by atoms with Gasteiger partial charge in [0, 0.05) is 38.5 Å². The lowest BCUT2D eigenvalue weighted by Gasteiger charge is -2.24. The monoisotopic (exact) mass is 238 g/mol. The predicted octanol–water partition coefficient (Wildman–Crippen LogP) is 0.846. The molecule has 17 heavy (non-hydrogen) atoms. The third kappa shape index (κ3) is 5.15. The fourth-order valence-corrected chi connectivity index (χ4v) is 1.66. The lowest BCUT2D eigenvalue weighted by atomic mass is 9.90. The zero-order valence-corrected chi connectivity index (χ0v) is 10.6. The number of rotatable bonds is 7. The summed E-state index contributed by atoms with van der Waals surface area (Å²) >= 11 is 0. The number of hydrogen-bond donors (Lipinski definition) is 2. The number of aromatic nitrogens is 1. The summed E-state index contributed by atoms with van der Waals surface area (Å²) in [7, 11) is 0. The highest BCUT2D eigenvalue weighted by Crippen LogP contribution is 2.17. The molecule has 4 heteroatoms. The van der Waals surface area contributed by atoms with Gasteiger partial charge in [-0.3, -0.25) is 4.79 Å². The van der Waals surface area contributed by atoms with E-state index in [-0.39, 0.29) is 17.6 Å². The number of hydrogen-bond acceptors (Lipinski definition) is 3. The summed E-state index contributed by atoms with van der Waals surface area (Å²) in [5.74, 6) is 0. The lowest BCUT2D eigenvalue weighted by Crippen LogP contribution is -2.33. The molecule has 0 fully saturated rings. The average Bonchev–Trinajstić information content (AvgIpc) is 2.26. The van der Waals surface area contributed by atoms with Gasteiger partial charge >= 0.3 is 0 Å². The maximum absolute atomic E-state index is 11.4. The first-order chi connectivity index (χ1) is 8.05. The Morgan fingerprint density at radius 3 is 2.82 bits per heavy atom. The van der Waals surface area contributed by atoms with Gasteiger partial charge in [0.2, 0.25) is 0 Å². The van der Waals surface area contributed by atoms with Gasteiger partial charge in [0.1, 0.15) is 0 Å². The van der Waals surface area contributed by atoms with Crippen LogP contribution in [-0.2, 0) is 6.54 Å². The van der Waals surface area contributed by atoms with E-state index in [0.29, 0.717) is 6.54 Å². The first kappa shape index (κ1) is 13.9. The number of nitrogens with zero attached hydrogens (tertiary/aromatic N) is 1. The third-order valence-electron chi connectivity index (χ3n) is 2.82. The minimum absolute atomic E-state index is 0.0314. The van der Waals surface area contributed by atoms with Gasteiger partial charge < -0.3 is 15.0 Å². The van der Waals surface area contributed by atoms with Crippen molar-refractivity contribution in [3.8, 4) is 0 Å². The summed E-state index contributed by atoms with van der Waals surface area (Å²) in [5, 5.41) is 12.2. The van der Waals surface area contributed by atoms with Crippen LogP contribution in [0, 0.1) is 5.41 Å². The smallest absolute Gasteiger partial charge is 0.250 e. The first-order valence-corrected chi connectivity index (χ1v) is 6.02. The lowest BCUT2D eigenvalue weighted by molar-refractivity contribution is 0.207. The maximum Gasteiger partial charge on any atom is 0.250 e. The summed E-state index contributed by atoms with van der Waals surface area (Å²) in [6.45, 7) is 6.73. The molecule has 0 bridgehead atoms. The van der Waals surface area contributed by atoms with Crippen molar-refractivity contribution >= 4 is 0 Å². The Hall–Kier alpha value is -1.13. The summed E-state index contributed by atoms with van der Waals surface area (Å²) in [4.78, 5) is 11.4. The van der Waals surface area contributed by atoms with Crippen molar-refractivity contribution in [1.82, 2.24) is 9.88 Å². The van der Waals surface area contributed by atoms with Crippen molar-refractivity contribution in [3.63, 3.8) is 0 Å². The van der Waals surface area contributed by atoms with Crippen molar-refractivity contribution in [2.24, 2.45) is 5.41 Å². The van der Waals surface area contributed by atoms with E-state index in [0.717, 1.165) is 19.5 Å². The topological polar surface area (TPSA) is 54.3 Å². The van der Waals surface area contributed by atoms with Gasteiger partial charge in [0.15, 0.2) is 0 Å². The fraction of sp³-hybridized carbons (Fsp3) is 0.615. The van der Waals surface area contributed by atoms with Gasteiger partial charge in [-0.25, -0.2) is 0 Å². The summed E-state index contributed by atoms with van der Waals surface area (Å²) in [5.41, 5.74) is 0.125. The predicted molar refractivity (Wildman–Crippen MR) is 69.1 cm³/mol. The molecule has 0 unspecified atom stereocenters. The SMILES string of the molecule is CC(C)(CCO)CNCCn1ccccc1=O. The highest BCUT2D eigenvalue weighted by molar-refractivity contribution is 4.93. The van der Waals surface area contributed by atoms with E-state index < -0.39 is 0 Å². The zero-order valence-electron chi connectivity index (χ0n) is 10.6.